The largest absolute Gasteiger partial charge is 0.399 e. The van der Waals surface area contributed by atoms with Gasteiger partial charge in [-0.25, -0.2) is 0 Å². The third-order valence-corrected chi connectivity index (χ3v) is 2.48. The van der Waals surface area contributed by atoms with Crippen molar-refractivity contribution in [1.29, 1.82) is 0 Å². The molecule has 100 valence electrons. The second kappa shape index (κ2) is 5.96. The maximum Gasteiger partial charge on any atom is 0.239 e. The number of nitrogens with two attached hydrogens (primary N) is 1. The molecular formula is C12H15N5O2. The molecule has 0 bridgehead atoms. The molecule has 0 saturated heterocycles. The third kappa shape index (κ3) is 2.89. The monoisotopic (exact) mass is 261 g/mol. The van der Waals surface area contributed by atoms with Crippen LogP contribution >= 0.6 is 0 Å². The highest BCUT2D eigenvalue weighted by Gasteiger charge is 2.16. The number of nitrogen functional groups attached to an aromatic ring is 1. The van der Waals surface area contributed by atoms with Crippen molar-refractivity contribution in [3.05, 3.63) is 41.2 Å². The van der Waals surface area contributed by atoms with E-state index in [0.29, 0.717) is 18.1 Å². The summed E-state index contributed by atoms with van der Waals surface area (Å²) in [5.41, 5.74) is 7.86. The second-order valence-corrected chi connectivity index (χ2v) is 3.75. The average molecular weight is 261 g/mol. The van der Waals surface area contributed by atoms with Crippen LogP contribution in [0.25, 0.3) is 0 Å². The molecule has 0 amide bonds. The van der Waals surface area contributed by atoms with Gasteiger partial charge in [-0.1, -0.05) is 29.4 Å². The number of aromatic nitrogens is 3. The van der Waals surface area contributed by atoms with Gasteiger partial charge in [-0.2, -0.15) is 4.98 Å². The highest BCUT2D eigenvalue weighted by atomic mass is 16.6. The van der Waals surface area contributed by atoms with Crippen molar-refractivity contribution in [3.8, 4) is 0 Å². The van der Waals surface area contributed by atoms with Gasteiger partial charge in [-0.05, 0) is 5.56 Å². The molecule has 0 fully saturated rings. The van der Waals surface area contributed by atoms with E-state index < -0.39 is 0 Å². The summed E-state index contributed by atoms with van der Waals surface area (Å²) in [4.78, 5) is 8.94. The van der Waals surface area contributed by atoms with Crippen LogP contribution in [0.3, 0.4) is 0 Å². The van der Waals surface area contributed by atoms with Crippen molar-refractivity contribution in [2.45, 2.75) is 6.61 Å². The van der Waals surface area contributed by atoms with E-state index in [4.69, 9.17) is 15.3 Å². The first kappa shape index (κ1) is 13.0. The Labute approximate surface area is 110 Å². The minimum atomic E-state index is 0.156. The number of H-pyrrole nitrogens is 1. The number of methoxy groups -OCH3 is 1. The van der Waals surface area contributed by atoms with Crippen LogP contribution in [0, 0.1) is 0 Å². The fourth-order valence-corrected chi connectivity index (χ4v) is 1.72. The lowest BCUT2D eigenvalue weighted by atomic mass is 10.0. The molecule has 0 aliphatic carbocycles. The van der Waals surface area contributed by atoms with Crippen LogP contribution < -0.4 is 5.73 Å². The zero-order valence-electron chi connectivity index (χ0n) is 10.8. The summed E-state index contributed by atoms with van der Waals surface area (Å²) < 4.78 is 5.17. The van der Waals surface area contributed by atoms with Crippen LogP contribution in [-0.2, 0) is 16.2 Å². The minimum absolute atomic E-state index is 0.156. The Kier molecular flexibility index (Phi) is 4.09. The quantitative estimate of drug-likeness (QED) is 0.616. The fraction of sp³-hybridized carbons (Fsp3) is 0.250. The Hall–Kier alpha value is -2.41. The molecule has 0 saturated carbocycles. The average Bonchev–Trinajstić information content (AvgIpc) is 2.84. The van der Waals surface area contributed by atoms with Gasteiger partial charge in [-0.15, -0.1) is 5.10 Å². The first-order valence-corrected chi connectivity index (χ1v) is 5.63. The number of benzene rings is 1. The van der Waals surface area contributed by atoms with E-state index in [1.165, 1.54) is 7.11 Å². The molecule has 2 aromatic rings. The first-order chi connectivity index (χ1) is 9.26. The lowest BCUT2D eigenvalue weighted by Gasteiger charge is -2.08. The first-order valence-electron chi connectivity index (χ1n) is 5.63. The number of nitrogens with zero attached hydrogens (tertiary/aromatic N) is 3. The van der Waals surface area contributed by atoms with Gasteiger partial charge in [0.05, 0.1) is 6.61 Å². The smallest absolute Gasteiger partial charge is 0.239 e. The molecule has 2 rings (SSSR count). The van der Waals surface area contributed by atoms with E-state index in [1.54, 1.807) is 7.11 Å². The Morgan fingerprint density at radius 3 is 2.79 bits per heavy atom. The van der Waals surface area contributed by atoms with Crippen molar-refractivity contribution in [1.82, 2.24) is 15.2 Å². The molecule has 1 aromatic heterocycles. The van der Waals surface area contributed by atoms with E-state index in [9.17, 15) is 0 Å². The zero-order chi connectivity index (χ0) is 13.7. The van der Waals surface area contributed by atoms with Crippen molar-refractivity contribution in [3.63, 3.8) is 0 Å². The maximum atomic E-state index is 5.51. The molecule has 7 nitrogen and oxygen atoms in total. The van der Waals surface area contributed by atoms with Crippen molar-refractivity contribution < 1.29 is 9.57 Å². The molecule has 0 aliphatic heterocycles. The fourth-order valence-electron chi connectivity index (χ4n) is 1.72. The zero-order valence-corrected chi connectivity index (χ0v) is 10.8. The van der Waals surface area contributed by atoms with Gasteiger partial charge in [0.25, 0.3) is 0 Å². The third-order valence-electron chi connectivity index (χ3n) is 2.48. The number of oxime groups is 1. The molecule has 1 aromatic carbocycles. The number of nitrogens with one attached hydrogen (secondary N) is 1. The van der Waals surface area contributed by atoms with E-state index in [1.807, 2.05) is 24.3 Å². The predicted molar refractivity (Wildman–Crippen MR) is 70.6 cm³/mol. The molecular weight excluding hydrogens is 246 g/mol. The summed E-state index contributed by atoms with van der Waals surface area (Å²) in [7, 11) is 3.11. The number of rotatable bonds is 5. The molecule has 0 atom stereocenters. The number of aromatic amines is 1. The molecule has 3 N–H and O–H groups in total. The highest BCUT2D eigenvalue weighted by molar-refractivity contribution is 6.11. The number of hydrogen-bond acceptors (Lipinski definition) is 6. The van der Waals surface area contributed by atoms with Gasteiger partial charge in [0.15, 0.2) is 11.5 Å². The van der Waals surface area contributed by atoms with E-state index in [-0.39, 0.29) is 5.95 Å². The number of ether oxygens (including phenoxy) is 1. The van der Waals surface area contributed by atoms with Crippen molar-refractivity contribution >= 4 is 11.7 Å². The SMILES string of the molecule is COCc1ccccc1/C(=N\OC)c1nc(N)n[nH]1. The van der Waals surface area contributed by atoms with Crippen LogP contribution in [0.15, 0.2) is 29.4 Å². The molecule has 1 heterocycles. The molecule has 0 aliphatic rings. The van der Waals surface area contributed by atoms with Crippen molar-refractivity contribution in [2.75, 3.05) is 20.0 Å². The number of hydrogen-bond donors (Lipinski definition) is 2. The summed E-state index contributed by atoms with van der Waals surface area (Å²) in [5.74, 6) is 0.603. The van der Waals surface area contributed by atoms with Crippen LogP contribution in [0.1, 0.15) is 17.0 Å². The Bertz CT molecular complexity index is 579. The standard InChI is InChI=1S/C12H15N5O2/c1-18-7-8-5-3-4-6-9(8)10(17-19-2)11-14-12(13)16-15-11/h3-6H,7H2,1-2H3,(H3,13,14,15,16)/b17-10+. The van der Waals surface area contributed by atoms with Crippen LogP contribution in [0.4, 0.5) is 5.95 Å². The normalized spacial score (nSPS) is 11.6. The van der Waals surface area contributed by atoms with Crippen molar-refractivity contribution in [2.24, 2.45) is 5.16 Å². The van der Waals surface area contributed by atoms with Gasteiger partial charge >= 0.3 is 0 Å². The summed E-state index contributed by atoms with van der Waals surface area (Å²) in [6, 6.07) is 7.69. The molecule has 0 spiro atoms. The van der Waals surface area contributed by atoms with E-state index in [2.05, 4.69) is 20.3 Å². The van der Waals surface area contributed by atoms with Crippen LogP contribution in [-0.4, -0.2) is 35.1 Å². The van der Waals surface area contributed by atoms with Gasteiger partial charge in [0, 0.05) is 12.7 Å². The van der Waals surface area contributed by atoms with Gasteiger partial charge in [-0.3, -0.25) is 5.10 Å². The van der Waals surface area contributed by atoms with Crippen LogP contribution in [0.2, 0.25) is 0 Å². The Balaban J connectivity index is 2.48. The van der Waals surface area contributed by atoms with Gasteiger partial charge < -0.3 is 15.3 Å². The molecule has 0 unspecified atom stereocenters. The Morgan fingerprint density at radius 2 is 2.16 bits per heavy atom. The molecule has 0 radical (unpaired) electrons. The van der Waals surface area contributed by atoms with E-state index >= 15 is 0 Å². The summed E-state index contributed by atoms with van der Waals surface area (Å²) in [6.45, 7) is 0.461. The molecule has 19 heavy (non-hydrogen) atoms. The summed E-state index contributed by atoms with van der Waals surface area (Å²) >= 11 is 0. The maximum absolute atomic E-state index is 5.51. The lowest BCUT2D eigenvalue weighted by molar-refractivity contribution is 0.184. The summed E-state index contributed by atoms with van der Waals surface area (Å²) in [5, 5.41) is 10.5. The Morgan fingerprint density at radius 1 is 1.37 bits per heavy atom. The van der Waals surface area contributed by atoms with E-state index in [0.717, 1.165) is 11.1 Å². The van der Waals surface area contributed by atoms with Gasteiger partial charge in [0.2, 0.25) is 5.95 Å². The molecule has 7 heteroatoms. The second-order valence-electron chi connectivity index (χ2n) is 3.75. The van der Waals surface area contributed by atoms with Gasteiger partial charge in [0.1, 0.15) is 7.11 Å². The number of anilines is 1. The van der Waals surface area contributed by atoms with Crippen LogP contribution in [0.5, 0.6) is 0 Å². The highest BCUT2D eigenvalue weighted by Crippen LogP contribution is 2.15. The lowest BCUT2D eigenvalue weighted by Crippen LogP contribution is -2.10. The summed E-state index contributed by atoms with van der Waals surface area (Å²) in [6.07, 6.45) is 0. The topological polar surface area (TPSA) is 98.4 Å². The predicted octanol–water partition coefficient (Wildman–Crippen LogP) is 0.932. The minimum Gasteiger partial charge on any atom is -0.399 e.